The van der Waals surface area contributed by atoms with Gasteiger partial charge in [0.15, 0.2) is 6.72 Å². The van der Waals surface area contributed by atoms with E-state index in [1.54, 1.807) is 4.68 Å². The summed E-state index contributed by atoms with van der Waals surface area (Å²) < 4.78 is 1.75. The van der Waals surface area contributed by atoms with Crippen molar-refractivity contribution in [3.05, 3.63) is 11.8 Å². The van der Waals surface area contributed by atoms with Gasteiger partial charge in [-0.1, -0.05) is 46.2 Å². The fourth-order valence-corrected chi connectivity index (χ4v) is 1.39. The van der Waals surface area contributed by atoms with E-state index >= 15 is 0 Å². The van der Waals surface area contributed by atoms with Crippen molar-refractivity contribution in [2.45, 2.75) is 41.5 Å². The molecule has 0 saturated carbocycles. The van der Waals surface area contributed by atoms with Gasteiger partial charge in [-0.05, 0) is 0 Å². The summed E-state index contributed by atoms with van der Waals surface area (Å²) in [7, 11) is 0. The van der Waals surface area contributed by atoms with Gasteiger partial charge in [-0.3, -0.25) is 0 Å². The first kappa shape index (κ1) is 11.2. The summed E-state index contributed by atoms with van der Waals surface area (Å²) in [5, 5.41) is 4.45. The van der Waals surface area contributed by atoms with Crippen LogP contribution in [0.15, 0.2) is 16.9 Å². The average Bonchev–Trinajstić information content (AvgIpc) is 2.27. The summed E-state index contributed by atoms with van der Waals surface area (Å²) >= 11 is 0. The predicted octanol–water partition coefficient (Wildman–Crippen LogP) is 3.05. The molecule has 0 radical (unpaired) electrons. The highest BCUT2D eigenvalue weighted by Gasteiger charge is 2.35. The van der Waals surface area contributed by atoms with Crippen LogP contribution in [0.5, 0.6) is 0 Å². The third kappa shape index (κ3) is 2.11. The van der Waals surface area contributed by atoms with Crippen LogP contribution in [-0.4, -0.2) is 17.1 Å². The maximum atomic E-state index is 4.45. The zero-order valence-electron chi connectivity index (χ0n) is 10.2. The normalized spacial score (nSPS) is 18.3. The Morgan fingerprint density at radius 1 is 1.07 bits per heavy atom. The maximum absolute atomic E-state index is 4.45. The summed E-state index contributed by atoms with van der Waals surface area (Å²) in [5.74, 6) is 0. The molecule has 0 fully saturated rings. The lowest BCUT2D eigenvalue weighted by Crippen LogP contribution is -2.17. The summed E-state index contributed by atoms with van der Waals surface area (Å²) in [6.07, 6.45) is 2.16. The Morgan fingerprint density at radius 2 is 1.57 bits per heavy atom. The van der Waals surface area contributed by atoms with Crippen LogP contribution in [0.4, 0.5) is 0 Å². The fourth-order valence-electron chi connectivity index (χ4n) is 1.39. The number of hydrazone groups is 1. The van der Waals surface area contributed by atoms with Crippen molar-refractivity contribution >= 4 is 12.4 Å². The molecule has 0 aromatic carbocycles. The maximum Gasteiger partial charge on any atom is 0.221 e. The summed E-state index contributed by atoms with van der Waals surface area (Å²) in [6, 6.07) is 0. The molecular formula is C12H21N2+. The number of rotatable bonds is 0. The molecule has 1 aliphatic rings. The molecule has 0 atom stereocenters. The lowest BCUT2D eigenvalue weighted by atomic mass is 9.86. The van der Waals surface area contributed by atoms with Crippen molar-refractivity contribution in [2.75, 3.05) is 0 Å². The molecule has 1 rings (SSSR count). The van der Waals surface area contributed by atoms with Crippen LogP contribution in [0.1, 0.15) is 41.5 Å². The van der Waals surface area contributed by atoms with E-state index in [0.29, 0.717) is 0 Å². The van der Waals surface area contributed by atoms with Crippen LogP contribution in [0.3, 0.4) is 0 Å². The number of allylic oxidation sites excluding steroid dienone is 2. The zero-order valence-corrected chi connectivity index (χ0v) is 10.2. The highest BCUT2D eigenvalue weighted by molar-refractivity contribution is 5.99. The first-order chi connectivity index (χ1) is 6.12. The van der Waals surface area contributed by atoms with E-state index in [1.807, 2.05) is 0 Å². The van der Waals surface area contributed by atoms with E-state index < -0.39 is 0 Å². The highest BCUT2D eigenvalue weighted by atomic mass is 15.4. The van der Waals surface area contributed by atoms with Crippen molar-refractivity contribution in [3.63, 3.8) is 0 Å². The lowest BCUT2D eigenvalue weighted by Gasteiger charge is -2.14. The molecule has 0 aliphatic carbocycles. The Kier molecular flexibility index (Phi) is 2.42. The minimum absolute atomic E-state index is 0.100. The highest BCUT2D eigenvalue weighted by Crippen LogP contribution is 2.32. The zero-order chi connectivity index (χ0) is 11.1. The minimum Gasteiger partial charge on any atom is -0.0630 e. The molecule has 14 heavy (non-hydrogen) atoms. The average molecular weight is 193 g/mol. The van der Waals surface area contributed by atoms with E-state index in [2.05, 4.69) is 59.4 Å². The number of hydrogen-bond donors (Lipinski definition) is 0. The lowest BCUT2D eigenvalue weighted by molar-refractivity contribution is -0.481. The van der Waals surface area contributed by atoms with Gasteiger partial charge in [0.2, 0.25) is 5.70 Å². The van der Waals surface area contributed by atoms with Crippen LogP contribution >= 0.6 is 0 Å². The van der Waals surface area contributed by atoms with E-state index in [1.165, 1.54) is 5.70 Å². The second kappa shape index (κ2) is 3.04. The van der Waals surface area contributed by atoms with Gasteiger partial charge in [0.05, 0.1) is 0 Å². The second-order valence-electron chi connectivity index (χ2n) is 5.91. The fraction of sp³-hybridized carbons (Fsp3) is 0.667. The SMILES string of the molecule is C=[N+]1N=C(C(C)(C)C)C=C1C(C)(C)C. The third-order valence-electron chi connectivity index (χ3n) is 2.32. The van der Waals surface area contributed by atoms with Crippen LogP contribution in [0.25, 0.3) is 0 Å². The van der Waals surface area contributed by atoms with E-state index in [4.69, 9.17) is 0 Å². The quantitative estimate of drug-likeness (QED) is 0.525. The molecule has 1 aliphatic heterocycles. The third-order valence-corrected chi connectivity index (χ3v) is 2.32. The van der Waals surface area contributed by atoms with Crippen molar-refractivity contribution in [3.8, 4) is 0 Å². The molecule has 2 heteroatoms. The molecular weight excluding hydrogens is 172 g/mol. The number of nitrogens with zero attached hydrogens (tertiary/aromatic N) is 2. The summed E-state index contributed by atoms with van der Waals surface area (Å²) in [6.45, 7) is 17.0. The molecule has 0 aromatic rings. The molecule has 0 aromatic heterocycles. The van der Waals surface area contributed by atoms with Crippen molar-refractivity contribution in [1.29, 1.82) is 0 Å². The Morgan fingerprint density at radius 3 is 1.79 bits per heavy atom. The Hall–Kier alpha value is -0.920. The Balaban J connectivity index is 3.06. The molecule has 2 nitrogen and oxygen atoms in total. The van der Waals surface area contributed by atoms with Crippen LogP contribution < -0.4 is 0 Å². The first-order valence-electron chi connectivity index (χ1n) is 5.04. The topological polar surface area (TPSA) is 15.4 Å². The van der Waals surface area contributed by atoms with E-state index in [0.717, 1.165) is 5.71 Å². The molecule has 0 N–H and O–H groups in total. The standard InChI is InChI=1S/C12H21N2/c1-11(2,3)9-8-10(12(4,5)6)14(7)13-9/h8H,7H2,1-6H3/q+1. The molecule has 0 amide bonds. The van der Waals surface area contributed by atoms with Crippen molar-refractivity contribution in [1.82, 2.24) is 0 Å². The van der Waals surface area contributed by atoms with Gasteiger partial charge in [-0.25, -0.2) is 0 Å². The van der Waals surface area contributed by atoms with Crippen LogP contribution in [-0.2, 0) is 0 Å². The summed E-state index contributed by atoms with van der Waals surface area (Å²) in [4.78, 5) is 0. The Labute approximate surface area is 87.0 Å². The Bertz CT molecular complexity index is 304. The van der Waals surface area contributed by atoms with Crippen LogP contribution in [0, 0.1) is 10.8 Å². The van der Waals surface area contributed by atoms with Crippen LogP contribution in [0.2, 0.25) is 0 Å². The van der Waals surface area contributed by atoms with Gasteiger partial charge in [0.1, 0.15) is 5.71 Å². The monoisotopic (exact) mass is 193 g/mol. The largest absolute Gasteiger partial charge is 0.221 e. The predicted molar refractivity (Wildman–Crippen MR) is 61.8 cm³/mol. The van der Waals surface area contributed by atoms with Gasteiger partial charge in [0.25, 0.3) is 0 Å². The van der Waals surface area contributed by atoms with Gasteiger partial charge in [0, 0.05) is 22.0 Å². The summed E-state index contributed by atoms with van der Waals surface area (Å²) in [5.41, 5.74) is 2.50. The smallest absolute Gasteiger partial charge is 0.0630 e. The second-order valence-corrected chi connectivity index (χ2v) is 5.91. The molecule has 0 saturated heterocycles. The molecule has 1 heterocycles. The van der Waals surface area contributed by atoms with Gasteiger partial charge >= 0.3 is 0 Å². The number of hydrogen-bond acceptors (Lipinski definition) is 1. The molecule has 0 spiro atoms. The van der Waals surface area contributed by atoms with Crippen molar-refractivity contribution in [2.24, 2.45) is 15.9 Å². The minimum atomic E-state index is 0.100. The molecule has 0 bridgehead atoms. The van der Waals surface area contributed by atoms with Gasteiger partial charge in [-0.2, -0.15) is 0 Å². The van der Waals surface area contributed by atoms with Gasteiger partial charge in [-0.15, -0.1) is 0 Å². The van der Waals surface area contributed by atoms with Gasteiger partial charge < -0.3 is 0 Å². The first-order valence-corrected chi connectivity index (χ1v) is 5.04. The van der Waals surface area contributed by atoms with E-state index in [-0.39, 0.29) is 10.8 Å². The molecule has 0 unspecified atom stereocenters. The van der Waals surface area contributed by atoms with Crippen molar-refractivity contribution < 1.29 is 4.68 Å². The van der Waals surface area contributed by atoms with E-state index in [9.17, 15) is 0 Å². The molecule has 78 valence electrons.